The molecule has 35 heavy (non-hydrogen) atoms. The topological polar surface area (TPSA) is 135 Å². The van der Waals surface area contributed by atoms with Crippen molar-refractivity contribution in [2.45, 2.75) is 30.7 Å². The highest BCUT2D eigenvalue weighted by Crippen LogP contribution is 2.34. The van der Waals surface area contributed by atoms with Crippen LogP contribution < -0.4 is 14.9 Å². The zero-order chi connectivity index (χ0) is 25.6. The molecule has 1 fully saturated rings. The fourth-order valence-corrected chi connectivity index (χ4v) is 6.04. The van der Waals surface area contributed by atoms with Crippen molar-refractivity contribution < 1.29 is 32.6 Å². The van der Waals surface area contributed by atoms with Crippen LogP contribution in [0, 0.1) is 3.57 Å². The molecule has 2 N–H and O–H groups in total. The molecule has 0 bridgehead atoms. The van der Waals surface area contributed by atoms with E-state index in [-0.39, 0.29) is 11.4 Å². The molecule has 13 heteroatoms. The molecule has 2 aromatic carbocycles. The molecule has 1 atom stereocenters. The van der Waals surface area contributed by atoms with Gasteiger partial charge in [0.1, 0.15) is 6.04 Å². The second kappa shape index (κ2) is 12.0. The van der Waals surface area contributed by atoms with Crippen molar-refractivity contribution in [3.05, 3.63) is 50.6 Å². The van der Waals surface area contributed by atoms with Gasteiger partial charge in [-0.15, -0.1) is 0 Å². The van der Waals surface area contributed by atoms with Crippen LogP contribution in [0.4, 0.5) is 0 Å². The van der Waals surface area contributed by atoms with E-state index in [4.69, 9.17) is 26.2 Å². The van der Waals surface area contributed by atoms with Gasteiger partial charge in [0, 0.05) is 11.6 Å². The number of amides is 1. The maximum absolute atomic E-state index is 13.0. The number of aliphatic carboxylic acids is 1. The molecule has 0 aliphatic carbocycles. The predicted molar refractivity (Wildman–Crippen MR) is 138 cm³/mol. The van der Waals surface area contributed by atoms with Crippen molar-refractivity contribution in [1.82, 2.24) is 9.73 Å². The maximum Gasteiger partial charge on any atom is 0.341 e. The lowest BCUT2D eigenvalue weighted by Gasteiger charge is -2.22. The summed E-state index contributed by atoms with van der Waals surface area (Å²) < 4.78 is 38.7. The summed E-state index contributed by atoms with van der Waals surface area (Å²) in [6, 6.07) is 8.18. The van der Waals surface area contributed by atoms with Gasteiger partial charge in [-0.05, 0) is 84.3 Å². The SMILES string of the molecule is CCOc1cc(/C=N\NC(=O)[C@@H]2CCCN2S(=O)(=O)c2ccc(Cl)cc2)cc(I)c1OCC(=O)O. The first-order valence-corrected chi connectivity index (χ1v) is 13.4. The van der Waals surface area contributed by atoms with Gasteiger partial charge in [0.15, 0.2) is 18.1 Å². The third-order valence-corrected chi connectivity index (χ3v) is 7.96. The number of hydrogen-bond donors (Lipinski definition) is 2. The largest absolute Gasteiger partial charge is 0.490 e. The predicted octanol–water partition coefficient (Wildman–Crippen LogP) is 3.11. The number of carboxylic acids is 1. The summed E-state index contributed by atoms with van der Waals surface area (Å²) in [6.45, 7) is 1.81. The molecule has 0 spiro atoms. The number of hydrazone groups is 1. The molecule has 1 saturated heterocycles. The van der Waals surface area contributed by atoms with E-state index in [0.717, 1.165) is 0 Å². The van der Waals surface area contributed by atoms with Crippen LogP contribution in [0.3, 0.4) is 0 Å². The Hall–Kier alpha value is -2.42. The molecular formula is C22H23ClIN3O7S. The third kappa shape index (κ3) is 6.84. The minimum Gasteiger partial charge on any atom is -0.490 e. The van der Waals surface area contributed by atoms with Crippen molar-refractivity contribution >= 4 is 62.3 Å². The molecule has 188 valence electrons. The second-order valence-electron chi connectivity index (χ2n) is 7.41. The number of carbonyl (C=O) groups is 2. The Morgan fingerprint density at radius 3 is 2.66 bits per heavy atom. The van der Waals surface area contributed by atoms with Gasteiger partial charge in [-0.1, -0.05) is 11.6 Å². The van der Waals surface area contributed by atoms with Gasteiger partial charge in [-0.25, -0.2) is 18.6 Å². The molecule has 3 rings (SSSR count). The normalized spacial score (nSPS) is 16.4. The van der Waals surface area contributed by atoms with Crippen molar-refractivity contribution in [2.24, 2.45) is 5.10 Å². The summed E-state index contributed by atoms with van der Waals surface area (Å²) in [5.41, 5.74) is 2.98. The van der Waals surface area contributed by atoms with Gasteiger partial charge in [-0.3, -0.25) is 4.79 Å². The minimum atomic E-state index is -3.87. The Morgan fingerprint density at radius 1 is 1.29 bits per heavy atom. The highest BCUT2D eigenvalue weighted by Gasteiger charge is 2.39. The molecule has 1 aliphatic rings. The van der Waals surface area contributed by atoms with Crippen LogP contribution >= 0.6 is 34.2 Å². The monoisotopic (exact) mass is 635 g/mol. The summed E-state index contributed by atoms with van der Waals surface area (Å²) in [7, 11) is -3.87. The van der Waals surface area contributed by atoms with Crippen LogP contribution in [0.25, 0.3) is 0 Å². The number of ether oxygens (including phenoxy) is 2. The zero-order valence-corrected chi connectivity index (χ0v) is 22.3. The van der Waals surface area contributed by atoms with Gasteiger partial charge >= 0.3 is 5.97 Å². The third-order valence-electron chi connectivity index (χ3n) is 4.99. The van der Waals surface area contributed by atoms with Crippen molar-refractivity contribution in [3.63, 3.8) is 0 Å². The number of carboxylic acid groups (broad SMARTS) is 1. The molecule has 0 aromatic heterocycles. The van der Waals surface area contributed by atoms with E-state index in [9.17, 15) is 18.0 Å². The molecule has 2 aromatic rings. The summed E-state index contributed by atoms with van der Waals surface area (Å²) in [5.74, 6) is -1.03. The minimum absolute atomic E-state index is 0.0633. The number of carbonyl (C=O) groups excluding carboxylic acids is 1. The first kappa shape index (κ1) is 27.2. The number of sulfonamides is 1. The van der Waals surface area contributed by atoms with Crippen LogP contribution in [0.5, 0.6) is 11.5 Å². The maximum atomic E-state index is 13.0. The average molecular weight is 636 g/mol. The number of rotatable bonds is 10. The number of benzene rings is 2. The molecule has 0 saturated carbocycles. The van der Waals surface area contributed by atoms with Crippen LogP contribution in [0.15, 0.2) is 46.4 Å². The summed E-state index contributed by atoms with van der Waals surface area (Å²) in [4.78, 5) is 23.7. The molecule has 1 aliphatic heterocycles. The van der Waals surface area contributed by atoms with Crippen molar-refractivity contribution in [3.8, 4) is 11.5 Å². The second-order valence-corrected chi connectivity index (χ2v) is 10.9. The standard InChI is InChI=1S/C22H23ClIN3O7S/c1-2-33-19-11-14(10-17(24)21(19)34-13-20(28)29)12-25-26-22(30)18-4-3-9-27(18)35(31,32)16-7-5-15(23)6-8-16/h5-8,10-12,18H,2-4,9,13H2,1H3,(H,26,30)(H,28,29)/b25-12-/t18-/m0/s1. The molecule has 1 heterocycles. The van der Waals surface area contributed by atoms with Gasteiger partial charge in [0.05, 0.1) is 21.3 Å². The van der Waals surface area contributed by atoms with Gasteiger partial charge in [0.25, 0.3) is 5.91 Å². The highest BCUT2D eigenvalue weighted by molar-refractivity contribution is 14.1. The number of nitrogens with zero attached hydrogens (tertiary/aromatic N) is 2. The van der Waals surface area contributed by atoms with Crippen LogP contribution in [-0.2, 0) is 19.6 Å². The Labute approximate surface area is 221 Å². The van der Waals surface area contributed by atoms with Crippen molar-refractivity contribution in [2.75, 3.05) is 19.8 Å². The van der Waals surface area contributed by atoms with Gasteiger partial charge in [0.2, 0.25) is 10.0 Å². The van der Waals surface area contributed by atoms with Crippen LogP contribution in [0.1, 0.15) is 25.3 Å². The summed E-state index contributed by atoms with van der Waals surface area (Å²) >= 11 is 7.84. The Kier molecular flexibility index (Phi) is 9.33. The number of hydrogen-bond acceptors (Lipinski definition) is 7. The lowest BCUT2D eigenvalue weighted by molar-refractivity contribution is -0.139. The first-order chi connectivity index (χ1) is 16.6. The van der Waals surface area contributed by atoms with E-state index in [1.807, 2.05) is 22.6 Å². The van der Waals surface area contributed by atoms with E-state index >= 15 is 0 Å². The fraction of sp³-hybridized carbons (Fsp3) is 0.318. The smallest absolute Gasteiger partial charge is 0.341 e. The number of halogens is 2. The highest BCUT2D eigenvalue weighted by atomic mass is 127. The van der Waals surface area contributed by atoms with E-state index < -0.39 is 34.5 Å². The Bertz CT molecular complexity index is 1220. The molecule has 1 amide bonds. The van der Waals surface area contributed by atoms with E-state index in [2.05, 4.69) is 10.5 Å². The van der Waals surface area contributed by atoms with Crippen LogP contribution in [-0.4, -0.2) is 61.7 Å². The Balaban J connectivity index is 1.72. The van der Waals surface area contributed by atoms with E-state index in [1.54, 1.807) is 19.1 Å². The van der Waals surface area contributed by atoms with Crippen molar-refractivity contribution in [1.29, 1.82) is 0 Å². The molecule has 10 nitrogen and oxygen atoms in total. The fourth-order valence-electron chi connectivity index (χ4n) is 3.48. The number of nitrogens with one attached hydrogen (secondary N) is 1. The zero-order valence-electron chi connectivity index (χ0n) is 18.6. The lowest BCUT2D eigenvalue weighted by atomic mass is 10.2. The summed E-state index contributed by atoms with van der Waals surface area (Å²) in [5, 5.41) is 13.3. The van der Waals surface area contributed by atoms with E-state index in [0.29, 0.717) is 45.1 Å². The summed E-state index contributed by atoms with van der Waals surface area (Å²) in [6.07, 6.45) is 2.30. The molecular weight excluding hydrogens is 613 g/mol. The lowest BCUT2D eigenvalue weighted by Crippen LogP contribution is -2.44. The first-order valence-electron chi connectivity index (χ1n) is 10.5. The Morgan fingerprint density at radius 2 is 2.00 bits per heavy atom. The molecule has 0 radical (unpaired) electrons. The molecule has 0 unspecified atom stereocenters. The van der Waals surface area contributed by atoms with Gasteiger partial charge in [-0.2, -0.15) is 9.41 Å². The van der Waals surface area contributed by atoms with Crippen LogP contribution in [0.2, 0.25) is 5.02 Å². The van der Waals surface area contributed by atoms with Gasteiger partial charge < -0.3 is 14.6 Å². The quantitative estimate of drug-likeness (QED) is 0.233. The average Bonchev–Trinajstić information content (AvgIpc) is 3.30. The van der Waals surface area contributed by atoms with E-state index in [1.165, 1.54) is 34.8 Å².